The summed E-state index contributed by atoms with van der Waals surface area (Å²) in [4.78, 5) is 12.0. The van der Waals surface area contributed by atoms with Crippen molar-refractivity contribution in [3.63, 3.8) is 0 Å². The van der Waals surface area contributed by atoms with Crippen LogP contribution in [0.2, 0.25) is 10.0 Å². The topological polar surface area (TPSA) is 72.3 Å². The van der Waals surface area contributed by atoms with Crippen LogP contribution in [0, 0.1) is 0 Å². The zero-order valence-electron chi connectivity index (χ0n) is 14.2. The first-order valence-corrected chi connectivity index (χ1v) is 9.35. The van der Waals surface area contributed by atoms with Gasteiger partial charge in [-0.3, -0.25) is 9.48 Å². The van der Waals surface area contributed by atoms with Gasteiger partial charge in [0, 0.05) is 39.7 Å². The van der Waals surface area contributed by atoms with Crippen LogP contribution in [-0.4, -0.2) is 36.6 Å². The molecular formula is C15H15Cl2F2N3O3S. The quantitative estimate of drug-likeness (QED) is 0.754. The molecule has 1 aromatic heterocycles. The van der Waals surface area contributed by atoms with Crippen molar-refractivity contribution in [2.75, 3.05) is 14.1 Å². The second-order valence-electron chi connectivity index (χ2n) is 5.80. The van der Waals surface area contributed by atoms with Crippen LogP contribution in [0.5, 0.6) is 0 Å². The van der Waals surface area contributed by atoms with Crippen LogP contribution in [0.1, 0.15) is 12.6 Å². The lowest BCUT2D eigenvalue weighted by Gasteiger charge is -2.17. The van der Waals surface area contributed by atoms with Gasteiger partial charge < -0.3 is 0 Å². The van der Waals surface area contributed by atoms with Crippen LogP contribution in [0.4, 0.5) is 8.78 Å². The lowest BCUT2D eigenvalue weighted by atomic mass is 10.1. The summed E-state index contributed by atoms with van der Waals surface area (Å²) in [6.45, 7) is 0.639. The molecule has 0 atom stereocenters. The summed E-state index contributed by atoms with van der Waals surface area (Å²) in [6.07, 6.45) is 0. The molecule has 0 saturated heterocycles. The highest BCUT2D eigenvalue weighted by molar-refractivity contribution is 7.89. The van der Waals surface area contributed by atoms with Crippen LogP contribution in [-0.2, 0) is 23.0 Å². The average molecular weight is 426 g/mol. The summed E-state index contributed by atoms with van der Waals surface area (Å²) in [5, 5.41) is 3.68. The Kier molecular flexibility index (Phi) is 5.49. The van der Waals surface area contributed by atoms with Gasteiger partial charge in [-0.25, -0.2) is 12.7 Å². The molecule has 0 N–H and O–H groups in total. The maximum absolute atomic E-state index is 13.5. The van der Waals surface area contributed by atoms with E-state index >= 15 is 0 Å². The van der Waals surface area contributed by atoms with Gasteiger partial charge in [-0.2, -0.15) is 13.9 Å². The second-order valence-corrected chi connectivity index (χ2v) is 8.74. The highest BCUT2D eigenvalue weighted by Crippen LogP contribution is 2.34. The zero-order chi connectivity index (χ0) is 20.0. The monoisotopic (exact) mass is 425 g/mol. The summed E-state index contributed by atoms with van der Waals surface area (Å²) in [6, 6.07) is 3.01. The number of benzene rings is 1. The van der Waals surface area contributed by atoms with Gasteiger partial charge >= 0.3 is 0 Å². The molecule has 0 fully saturated rings. The van der Waals surface area contributed by atoms with Gasteiger partial charge in [-0.15, -0.1) is 0 Å². The molecule has 1 heterocycles. The van der Waals surface area contributed by atoms with Crippen molar-refractivity contribution in [2.24, 2.45) is 7.05 Å². The SMILES string of the molecule is CN(C)S(=O)(=O)c1cc(-c2nn(C)c(C(C)(F)F)cc2=O)c(Cl)cc1Cl. The smallest absolute Gasteiger partial charge is 0.286 e. The molecule has 0 aliphatic rings. The van der Waals surface area contributed by atoms with Crippen LogP contribution in [0.3, 0.4) is 0 Å². The fourth-order valence-corrected chi connectivity index (χ4v) is 3.97. The molecule has 11 heteroatoms. The number of hydrogen-bond acceptors (Lipinski definition) is 4. The van der Waals surface area contributed by atoms with Crippen molar-refractivity contribution in [3.8, 4) is 11.3 Å². The summed E-state index contributed by atoms with van der Waals surface area (Å²) in [5.74, 6) is -3.28. The summed E-state index contributed by atoms with van der Waals surface area (Å²) in [7, 11) is -0.0464. The minimum atomic E-state index is -3.92. The molecular weight excluding hydrogens is 411 g/mol. The van der Waals surface area contributed by atoms with Gasteiger partial charge in [-0.05, 0) is 12.1 Å². The van der Waals surface area contributed by atoms with E-state index < -0.39 is 27.1 Å². The molecule has 0 aliphatic heterocycles. The van der Waals surface area contributed by atoms with Crippen molar-refractivity contribution in [1.29, 1.82) is 0 Å². The van der Waals surface area contributed by atoms with Gasteiger partial charge in [-0.1, -0.05) is 23.2 Å². The third kappa shape index (κ3) is 3.75. The summed E-state index contributed by atoms with van der Waals surface area (Å²) >= 11 is 12.1. The standard InChI is InChI=1S/C15H15Cl2F2N3O3S/c1-15(18,19)13-7-11(23)14(20-22(13)4)8-5-12(10(17)6-9(8)16)26(24,25)21(2)3/h5-7H,1-4H3. The Morgan fingerprint density at radius 2 is 1.73 bits per heavy atom. The van der Waals surface area contributed by atoms with Gasteiger partial charge in [0.1, 0.15) is 16.3 Å². The molecule has 0 saturated carbocycles. The molecule has 0 amide bonds. The van der Waals surface area contributed by atoms with Crippen LogP contribution < -0.4 is 5.43 Å². The fraction of sp³-hybridized carbons (Fsp3) is 0.333. The van der Waals surface area contributed by atoms with Gasteiger partial charge in [0.05, 0.1) is 10.0 Å². The van der Waals surface area contributed by atoms with Crippen LogP contribution in [0.15, 0.2) is 27.9 Å². The maximum Gasteiger partial charge on any atom is 0.286 e. The molecule has 0 aliphatic carbocycles. The number of halogens is 4. The van der Waals surface area contributed by atoms with Gasteiger partial charge in [0.15, 0.2) is 0 Å². The Hall–Kier alpha value is -1.55. The number of alkyl halides is 2. The van der Waals surface area contributed by atoms with E-state index in [0.717, 1.165) is 27.2 Å². The number of aryl methyl sites for hydroxylation is 1. The predicted molar refractivity (Wildman–Crippen MR) is 95.4 cm³/mol. The predicted octanol–water partition coefficient (Wildman–Crippen LogP) is 3.12. The maximum atomic E-state index is 13.5. The zero-order valence-corrected chi connectivity index (χ0v) is 16.5. The number of aromatic nitrogens is 2. The van der Waals surface area contributed by atoms with E-state index in [4.69, 9.17) is 23.2 Å². The lowest BCUT2D eigenvalue weighted by Crippen LogP contribution is -2.24. The molecule has 0 bridgehead atoms. The largest absolute Gasteiger partial charge is 0.287 e. The summed E-state index contributed by atoms with van der Waals surface area (Å²) < 4.78 is 53.6. The molecule has 2 rings (SSSR count). The second kappa shape index (κ2) is 6.88. The third-order valence-electron chi connectivity index (χ3n) is 3.58. The Morgan fingerprint density at radius 3 is 2.23 bits per heavy atom. The molecule has 6 nitrogen and oxygen atoms in total. The molecule has 142 valence electrons. The first-order valence-electron chi connectivity index (χ1n) is 7.15. The molecule has 2 aromatic rings. The number of sulfonamides is 1. The van der Waals surface area contributed by atoms with Crippen molar-refractivity contribution in [2.45, 2.75) is 17.7 Å². The number of nitrogens with zero attached hydrogens (tertiary/aromatic N) is 3. The van der Waals surface area contributed by atoms with Crippen molar-refractivity contribution in [1.82, 2.24) is 14.1 Å². The molecule has 1 aromatic carbocycles. The summed E-state index contributed by atoms with van der Waals surface area (Å²) in [5.41, 5.74) is -1.70. The first-order chi connectivity index (χ1) is 11.8. The van der Waals surface area contributed by atoms with E-state index in [-0.39, 0.29) is 26.2 Å². The van der Waals surface area contributed by atoms with E-state index in [1.165, 1.54) is 21.1 Å². The number of rotatable bonds is 4. The number of hydrogen-bond donors (Lipinski definition) is 0. The highest BCUT2D eigenvalue weighted by Gasteiger charge is 2.30. The van der Waals surface area contributed by atoms with Crippen molar-refractivity contribution >= 4 is 33.2 Å². The molecule has 0 spiro atoms. The Labute approximate surface area is 159 Å². The third-order valence-corrected chi connectivity index (χ3v) is 6.18. The normalized spacial score (nSPS) is 12.7. The van der Waals surface area contributed by atoms with Crippen LogP contribution >= 0.6 is 23.2 Å². The van der Waals surface area contributed by atoms with Gasteiger partial charge in [0.25, 0.3) is 5.92 Å². The van der Waals surface area contributed by atoms with E-state index in [2.05, 4.69) is 5.10 Å². The Morgan fingerprint density at radius 1 is 1.15 bits per heavy atom. The van der Waals surface area contributed by atoms with E-state index in [0.29, 0.717) is 6.92 Å². The fourth-order valence-electron chi connectivity index (χ4n) is 2.24. The molecule has 26 heavy (non-hydrogen) atoms. The van der Waals surface area contributed by atoms with Crippen molar-refractivity contribution < 1.29 is 17.2 Å². The van der Waals surface area contributed by atoms with E-state index in [1.54, 1.807) is 0 Å². The minimum absolute atomic E-state index is 0.0249. The molecule has 0 radical (unpaired) electrons. The van der Waals surface area contributed by atoms with E-state index in [9.17, 15) is 22.0 Å². The Bertz CT molecular complexity index is 1030. The minimum Gasteiger partial charge on any atom is -0.287 e. The lowest BCUT2D eigenvalue weighted by molar-refractivity contribution is 0.00754. The highest BCUT2D eigenvalue weighted by atomic mass is 35.5. The van der Waals surface area contributed by atoms with Gasteiger partial charge in [0.2, 0.25) is 15.5 Å². The van der Waals surface area contributed by atoms with E-state index in [1.807, 2.05) is 0 Å². The first kappa shape index (κ1) is 20.8. The molecule has 0 unspecified atom stereocenters. The van der Waals surface area contributed by atoms with Crippen molar-refractivity contribution in [3.05, 3.63) is 44.2 Å². The Balaban J connectivity index is 2.79. The average Bonchev–Trinajstić information content (AvgIpc) is 2.48. The van der Waals surface area contributed by atoms with Crippen LogP contribution in [0.25, 0.3) is 11.3 Å².